The maximum absolute atomic E-state index is 11.3. The summed E-state index contributed by atoms with van der Waals surface area (Å²) < 4.78 is 0. The van der Waals surface area contributed by atoms with Crippen LogP contribution in [0.15, 0.2) is 0 Å². The lowest BCUT2D eigenvalue weighted by molar-refractivity contribution is 0.163. The highest BCUT2D eigenvalue weighted by atomic mass is 32.1. The standard InChI is InChI=1S/C6H10N4O2S/c1-6-3(7-4(11)9-6)8-5(12)10(6)2-13/h3,13H,2H2,1H3,(H,8,12)(H2,7,9,11). The molecule has 0 aromatic heterocycles. The number of thiol groups is 1. The van der Waals surface area contributed by atoms with Gasteiger partial charge < -0.3 is 16.0 Å². The molecule has 3 N–H and O–H groups in total. The van der Waals surface area contributed by atoms with Gasteiger partial charge in [-0.3, -0.25) is 4.90 Å². The molecule has 0 bridgehead atoms. The number of hydrogen-bond donors (Lipinski definition) is 4. The highest BCUT2D eigenvalue weighted by Gasteiger charge is 2.54. The summed E-state index contributed by atoms with van der Waals surface area (Å²) in [6, 6.07) is -0.505. The second-order valence-electron chi connectivity index (χ2n) is 3.20. The predicted octanol–water partition coefficient (Wildman–Crippen LogP) is -0.746. The van der Waals surface area contributed by atoms with E-state index in [4.69, 9.17) is 0 Å². The van der Waals surface area contributed by atoms with E-state index >= 15 is 0 Å². The van der Waals surface area contributed by atoms with Crippen LogP contribution in [0.4, 0.5) is 9.59 Å². The summed E-state index contributed by atoms with van der Waals surface area (Å²) in [7, 11) is 0. The van der Waals surface area contributed by atoms with Gasteiger partial charge in [-0.2, -0.15) is 12.6 Å². The fraction of sp³-hybridized carbons (Fsp3) is 0.667. The van der Waals surface area contributed by atoms with Gasteiger partial charge in [0.25, 0.3) is 0 Å². The molecule has 4 amide bonds. The van der Waals surface area contributed by atoms with Crippen molar-refractivity contribution in [3.63, 3.8) is 0 Å². The average Bonchev–Trinajstić information content (AvgIpc) is 2.37. The molecule has 0 spiro atoms. The quantitative estimate of drug-likeness (QED) is 0.423. The van der Waals surface area contributed by atoms with Crippen LogP contribution in [-0.2, 0) is 0 Å². The van der Waals surface area contributed by atoms with E-state index in [1.165, 1.54) is 4.90 Å². The molecule has 0 radical (unpaired) electrons. The third-order valence-corrected chi connectivity index (χ3v) is 2.70. The van der Waals surface area contributed by atoms with Gasteiger partial charge in [0.05, 0.1) is 5.88 Å². The predicted molar refractivity (Wildman–Crippen MR) is 48.1 cm³/mol. The minimum absolute atomic E-state index is 0.227. The Morgan fingerprint density at radius 3 is 2.85 bits per heavy atom. The molecule has 2 aliphatic rings. The summed E-state index contributed by atoms with van der Waals surface area (Å²) in [6.07, 6.45) is -0.375. The molecule has 2 atom stereocenters. The van der Waals surface area contributed by atoms with Gasteiger partial charge in [0.15, 0.2) is 5.66 Å². The normalized spacial score (nSPS) is 36.8. The number of hydrogen-bond acceptors (Lipinski definition) is 3. The molecule has 2 unspecified atom stereocenters. The highest BCUT2D eigenvalue weighted by Crippen LogP contribution is 2.25. The van der Waals surface area contributed by atoms with E-state index in [0.29, 0.717) is 0 Å². The second kappa shape index (κ2) is 2.44. The maximum Gasteiger partial charge on any atom is 0.321 e. The van der Waals surface area contributed by atoms with Gasteiger partial charge in [0.2, 0.25) is 0 Å². The van der Waals surface area contributed by atoms with Crippen LogP contribution in [0.1, 0.15) is 6.92 Å². The Kier molecular flexibility index (Phi) is 1.59. The first-order valence-corrected chi connectivity index (χ1v) is 4.49. The molecule has 72 valence electrons. The first-order valence-electron chi connectivity index (χ1n) is 3.85. The van der Waals surface area contributed by atoms with Crippen LogP contribution >= 0.6 is 12.6 Å². The highest BCUT2D eigenvalue weighted by molar-refractivity contribution is 7.80. The third kappa shape index (κ3) is 0.963. The molecule has 0 aromatic rings. The van der Waals surface area contributed by atoms with E-state index in [1.807, 2.05) is 0 Å². The van der Waals surface area contributed by atoms with Gasteiger partial charge in [-0.25, -0.2) is 9.59 Å². The number of urea groups is 2. The van der Waals surface area contributed by atoms with Crippen molar-refractivity contribution < 1.29 is 9.59 Å². The zero-order valence-corrected chi connectivity index (χ0v) is 7.89. The van der Waals surface area contributed by atoms with E-state index in [1.54, 1.807) is 6.92 Å². The Morgan fingerprint density at radius 2 is 2.23 bits per heavy atom. The van der Waals surface area contributed by atoms with Gasteiger partial charge >= 0.3 is 12.1 Å². The van der Waals surface area contributed by atoms with Gasteiger partial charge in [-0.15, -0.1) is 0 Å². The Labute approximate surface area is 80.4 Å². The number of nitrogens with one attached hydrogen (secondary N) is 3. The molecule has 7 heteroatoms. The largest absolute Gasteiger partial charge is 0.321 e. The fourth-order valence-electron chi connectivity index (χ4n) is 1.63. The SMILES string of the molecule is CC12NC(=O)NC1NC(=O)N2CS. The van der Waals surface area contributed by atoms with Crippen LogP contribution in [-0.4, -0.2) is 34.7 Å². The molecule has 2 heterocycles. The molecular weight excluding hydrogens is 192 g/mol. The lowest BCUT2D eigenvalue weighted by Crippen LogP contribution is -2.55. The average molecular weight is 202 g/mol. The van der Waals surface area contributed by atoms with Gasteiger partial charge in [0.1, 0.15) is 6.17 Å². The van der Waals surface area contributed by atoms with Gasteiger partial charge in [-0.1, -0.05) is 0 Å². The van der Waals surface area contributed by atoms with Crippen molar-refractivity contribution in [2.75, 3.05) is 5.88 Å². The zero-order chi connectivity index (χ0) is 9.64. The Balaban J connectivity index is 2.31. The zero-order valence-electron chi connectivity index (χ0n) is 7.00. The van der Waals surface area contributed by atoms with Crippen molar-refractivity contribution >= 4 is 24.7 Å². The molecular formula is C6H10N4O2S. The van der Waals surface area contributed by atoms with Crippen molar-refractivity contribution in [2.24, 2.45) is 0 Å². The molecule has 13 heavy (non-hydrogen) atoms. The molecule has 0 aromatic carbocycles. The van der Waals surface area contributed by atoms with Crippen LogP contribution < -0.4 is 16.0 Å². The first-order chi connectivity index (χ1) is 6.08. The molecule has 2 aliphatic heterocycles. The van der Waals surface area contributed by atoms with E-state index in [-0.39, 0.29) is 24.1 Å². The molecule has 6 nitrogen and oxygen atoms in total. The summed E-state index contributed by atoms with van der Waals surface area (Å²) in [5.74, 6) is 0.265. The number of nitrogens with zero attached hydrogens (tertiary/aromatic N) is 1. The van der Waals surface area contributed by atoms with Crippen molar-refractivity contribution in [1.82, 2.24) is 20.9 Å². The topological polar surface area (TPSA) is 73.5 Å². The first kappa shape index (κ1) is 8.49. The molecule has 0 aliphatic carbocycles. The number of amides is 4. The summed E-state index contributed by atoms with van der Waals surface area (Å²) in [5.41, 5.74) is -0.698. The summed E-state index contributed by atoms with van der Waals surface area (Å²) in [5, 5.41) is 7.89. The van der Waals surface area contributed by atoms with E-state index in [9.17, 15) is 9.59 Å². The van der Waals surface area contributed by atoms with Crippen LogP contribution in [0.3, 0.4) is 0 Å². The van der Waals surface area contributed by atoms with Gasteiger partial charge in [-0.05, 0) is 6.92 Å². The van der Waals surface area contributed by atoms with E-state index < -0.39 is 5.66 Å². The minimum atomic E-state index is -0.698. The van der Waals surface area contributed by atoms with Crippen molar-refractivity contribution in [3.8, 4) is 0 Å². The summed E-state index contributed by atoms with van der Waals surface area (Å²) >= 11 is 4.03. The minimum Gasteiger partial charge on any atom is -0.314 e. The van der Waals surface area contributed by atoms with E-state index in [2.05, 4.69) is 28.6 Å². The number of carbonyl (C=O) groups excluding carboxylic acids is 2. The molecule has 2 rings (SSSR count). The summed E-state index contributed by atoms with van der Waals surface area (Å²) in [6.45, 7) is 1.77. The van der Waals surface area contributed by atoms with Crippen molar-refractivity contribution in [2.45, 2.75) is 18.8 Å². The third-order valence-electron chi connectivity index (χ3n) is 2.42. The number of carbonyl (C=O) groups is 2. The second-order valence-corrected chi connectivity index (χ2v) is 3.48. The Morgan fingerprint density at radius 1 is 1.54 bits per heavy atom. The lowest BCUT2D eigenvalue weighted by atomic mass is 10.2. The Hall–Kier alpha value is -1.11. The molecule has 2 saturated heterocycles. The number of rotatable bonds is 1. The summed E-state index contributed by atoms with van der Waals surface area (Å²) in [4.78, 5) is 23.8. The van der Waals surface area contributed by atoms with Gasteiger partial charge in [0, 0.05) is 0 Å². The van der Waals surface area contributed by atoms with Crippen LogP contribution in [0.5, 0.6) is 0 Å². The van der Waals surface area contributed by atoms with Crippen molar-refractivity contribution in [3.05, 3.63) is 0 Å². The molecule has 2 fully saturated rings. The van der Waals surface area contributed by atoms with Crippen LogP contribution in [0.25, 0.3) is 0 Å². The van der Waals surface area contributed by atoms with Crippen molar-refractivity contribution in [1.29, 1.82) is 0 Å². The van der Waals surface area contributed by atoms with Crippen LogP contribution in [0, 0.1) is 0 Å². The fourth-order valence-corrected chi connectivity index (χ4v) is 2.06. The monoisotopic (exact) mass is 202 g/mol. The Bertz CT molecular complexity index is 284. The molecule has 0 saturated carbocycles. The van der Waals surface area contributed by atoms with E-state index in [0.717, 1.165) is 0 Å². The van der Waals surface area contributed by atoms with Crippen LogP contribution in [0.2, 0.25) is 0 Å². The lowest BCUT2D eigenvalue weighted by Gasteiger charge is -2.30. The smallest absolute Gasteiger partial charge is 0.314 e. The number of fused-ring (bicyclic) bond motifs is 1. The maximum atomic E-state index is 11.3.